The van der Waals surface area contributed by atoms with Gasteiger partial charge in [0.15, 0.2) is 10.8 Å². The highest BCUT2D eigenvalue weighted by Gasteiger charge is 2.23. The average molecular weight is 533 g/mol. The Labute approximate surface area is 221 Å². The fourth-order valence-corrected chi connectivity index (χ4v) is 5.80. The molecule has 0 bridgehead atoms. The number of pyridine rings is 1. The standard InChI is InChI=1S/C27H24N4O4S2/c1-4-35-26(33)23-20(17-8-6-5-7-9-17)14-36-25(23)28-22(32)15-37-27-30-29-24-16(2)12-18-10-11-19(34-3)13-21(18)31(24)27/h5-14H,4,15H2,1-3H3,(H,28,32). The molecule has 0 fully saturated rings. The largest absolute Gasteiger partial charge is 0.497 e. The Hall–Kier alpha value is -3.89. The van der Waals surface area contributed by atoms with Crippen LogP contribution in [0.5, 0.6) is 5.75 Å². The lowest BCUT2D eigenvalue weighted by molar-refractivity contribution is -0.113. The second-order valence-corrected chi connectivity index (χ2v) is 9.99. The summed E-state index contributed by atoms with van der Waals surface area (Å²) in [4.78, 5) is 25.8. The van der Waals surface area contributed by atoms with E-state index < -0.39 is 5.97 Å². The first-order chi connectivity index (χ1) is 18.0. The number of carbonyl (C=O) groups excluding carboxylic acids is 2. The topological polar surface area (TPSA) is 94.8 Å². The molecule has 10 heteroatoms. The summed E-state index contributed by atoms with van der Waals surface area (Å²) in [5.74, 6) is 0.0766. The van der Waals surface area contributed by atoms with Gasteiger partial charge in [-0.15, -0.1) is 21.5 Å². The number of rotatable bonds is 8. The van der Waals surface area contributed by atoms with Gasteiger partial charge in [0, 0.05) is 17.0 Å². The first-order valence-electron chi connectivity index (χ1n) is 11.6. The summed E-state index contributed by atoms with van der Waals surface area (Å²) in [6, 6.07) is 17.4. The van der Waals surface area contributed by atoms with Crippen LogP contribution in [-0.4, -0.2) is 45.9 Å². The number of anilines is 1. The molecule has 0 atom stereocenters. The van der Waals surface area contributed by atoms with Gasteiger partial charge in [0.1, 0.15) is 16.3 Å². The van der Waals surface area contributed by atoms with Crippen molar-refractivity contribution in [2.24, 2.45) is 0 Å². The van der Waals surface area contributed by atoms with Gasteiger partial charge in [-0.2, -0.15) is 0 Å². The van der Waals surface area contributed by atoms with Crippen molar-refractivity contribution in [3.8, 4) is 16.9 Å². The van der Waals surface area contributed by atoms with Gasteiger partial charge in [-0.05, 0) is 48.6 Å². The van der Waals surface area contributed by atoms with Gasteiger partial charge in [-0.1, -0.05) is 42.1 Å². The molecule has 0 spiro atoms. The van der Waals surface area contributed by atoms with E-state index in [1.54, 1.807) is 14.0 Å². The fourth-order valence-electron chi connectivity index (χ4n) is 4.08. The Morgan fingerprint density at radius 1 is 1.11 bits per heavy atom. The number of nitrogens with zero attached hydrogens (tertiary/aromatic N) is 3. The Morgan fingerprint density at radius 3 is 2.68 bits per heavy atom. The molecule has 1 N–H and O–H groups in total. The summed E-state index contributed by atoms with van der Waals surface area (Å²) in [6.45, 7) is 3.97. The second kappa shape index (κ2) is 10.6. The zero-order valence-electron chi connectivity index (χ0n) is 20.5. The molecule has 0 saturated heterocycles. The van der Waals surface area contributed by atoms with Crippen LogP contribution in [0.1, 0.15) is 22.8 Å². The van der Waals surface area contributed by atoms with Gasteiger partial charge in [-0.25, -0.2) is 4.79 Å². The number of ether oxygens (including phenoxy) is 2. The van der Waals surface area contributed by atoms with E-state index in [1.165, 1.54) is 23.1 Å². The molecule has 188 valence electrons. The maximum atomic E-state index is 13.0. The number of methoxy groups -OCH3 is 1. The number of hydrogen-bond acceptors (Lipinski definition) is 8. The predicted molar refractivity (Wildman–Crippen MR) is 147 cm³/mol. The monoisotopic (exact) mass is 532 g/mol. The third-order valence-corrected chi connectivity index (χ3v) is 7.60. The van der Waals surface area contributed by atoms with Crippen molar-refractivity contribution >= 4 is 56.5 Å². The highest BCUT2D eigenvalue weighted by Crippen LogP contribution is 2.36. The normalized spacial score (nSPS) is 11.1. The summed E-state index contributed by atoms with van der Waals surface area (Å²) < 4.78 is 12.6. The Morgan fingerprint density at radius 2 is 1.92 bits per heavy atom. The van der Waals surface area contributed by atoms with E-state index in [1.807, 2.05) is 65.2 Å². The van der Waals surface area contributed by atoms with Crippen molar-refractivity contribution in [1.82, 2.24) is 14.6 Å². The number of esters is 1. The summed E-state index contributed by atoms with van der Waals surface area (Å²) in [5.41, 5.74) is 4.56. The molecule has 0 saturated carbocycles. The lowest BCUT2D eigenvalue weighted by Gasteiger charge is -2.10. The van der Waals surface area contributed by atoms with Gasteiger partial charge < -0.3 is 14.8 Å². The lowest BCUT2D eigenvalue weighted by Crippen LogP contribution is -2.16. The van der Waals surface area contributed by atoms with Crippen molar-refractivity contribution in [2.75, 3.05) is 24.8 Å². The van der Waals surface area contributed by atoms with Crippen molar-refractivity contribution in [1.29, 1.82) is 0 Å². The van der Waals surface area contributed by atoms with Gasteiger partial charge in [0.2, 0.25) is 5.91 Å². The molecule has 5 aromatic rings. The molecule has 2 aromatic carbocycles. The third-order valence-electron chi connectivity index (χ3n) is 5.78. The zero-order chi connectivity index (χ0) is 25.9. The quantitative estimate of drug-likeness (QED) is 0.198. The number of hydrogen-bond donors (Lipinski definition) is 1. The van der Waals surface area contributed by atoms with Crippen LogP contribution >= 0.6 is 23.1 Å². The number of nitrogens with one attached hydrogen (secondary N) is 1. The van der Waals surface area contributed by atoms with Crippen molar-refractivity contribution in [2.45, 2.75) is 19.0 Å². The number of aromatic nitrogens is 3. The number of amides is 1. The van der Waals surface area contributed by atoms with E-state index in [0.29, 0.717) is 15.7 Å². The Kier molecular flexibility index (Phi) is 7.11. The van der Waals surface area contributed by atoms with Crippen LogP contribution in [0.2, 0.25) is 0 Å². The molecule has 0 unspecified atom stereocenters. The molecule has 0 aliphatic heterocycles. The Bertz CT molecular complexity index is 1610. The minimum absolute atomic E-state index is 0.0844. The van der Waals surface area contributed by atoms with Crippen LogP contribution in [0.3, 0.4) is 0 Å². The highest BCUT2D eigenvalue weighted by molar-refractivity contribution is 7.99. The van der Waals surface area contributed by atoms with Gasteiger partial charge in [0.05, 0.1) is 25.0 Å². The van der Waals surface area contributed by atoms with Crippen molar-refractivity contribution in [3.05, 3.63) is 71.1 Å². The smallest absolute Gasteiger partial charge is 0.341 e. The van der Waals surface area contributed by atoms with Crippen LogP contribution in [0.15, 0.2) is 65.1 Å². The summed E-state index contributed by atoms with van der Waals surface area (Å²) in [5, 5.41) is 15.5. The van der Waals surface area contributed by atoms with E-state index >= 15 is 0 Å². The van der Waals surface area contributed by atoms with Crippen LogP contribution in [0.25, 0.3) is 27.7 Å². The molecule has 0 radical (unpaired) electrons. The minimum Gasteiger partial charge on any atom is -0.497 e. The summed E-state index contributed by atoms with van der Waals surface area (Å²) in [6.07, 6.45) is 0. The van der Waals surface area contributed by atoms with Crippen LogP contribution < -0.4 is 10.1 Å². The number of thiophene rings is 1. The van der Waals surface area contributed by atoms with E-state index in [4.69, 9.17) is 9.47 Å². The van der Waals surface area contributed by atoms with E-state index in [9.17, 15) is 9.59 Å². The van der Waals surface area contributed by atoms with E-state index in [2.05, 4.69) is 21.6 Å². The fraction of sp³-hybridized carbons (Fsp3) is 0.185. The Balaban J connectivity index is 1.41. The van der Waals surface area contributed by atoms with Gasteiger partial charge >= 0.3 is 5.97 Å². The number of benzene rings is 2. The first-order valence-corrected chi connectivity index (χ1v) is 13.5. The molecular formula is C27H24N4O4S2. The lowest BCUT2D eigenvalue weighted by atomic mass is 10.0. The molecule has 5 rings (SSSR count). The van der Waals surface area contributed by atoms with E-state index in [0.717, 1.165) is 39.0 Å². The zero-order valence-corrected chi connectivity index (χ0v) is 22.1. The number of aryl methyl sites for hydroxylation is 1. The predicted octanol–water partition coefficient (Wildman–Crippen LogP) is 5.84. The van der Waals surface area contributed by atoms with Crippen LogP contribution in [0.4, 0.5) is 5.00 Å². The molecule has 0 aliphatic carbocycles. The number of thioether (sulfide) groups is 1. The van der Waals surface area contributed by atoms with Gasteiger partial charge in [0.25, 0.3) is 0 Å². The third kappa shape index (κ3) is 4.90. The van der Waals surface area contributed by atoms with E-state index in [-0.39, 0.29) is 18.3 Å². The van der Waals surface area contributed by atoms with Crippen LogP contribution in [0, 0.1) is 6.92 Å². The number of carbonyl (C=O) groups is 2. The minimum atomic E-state index is -0.468. The summed E-state index contributed by atoms with van der Waals surface area (Å²) in [7, 11) is 1.62. The molecule has 3 aromatic heterocycles. The van der Waals surface area contributed by atoms with Gasteiger partial charge in [-0.3, -0.25) is 9.20 Å². The van der Waals surface area contributed by atoms with Crippen molar-refractivity contribution in [3.63, 3.8) is 0 Å². The highest BCUT2D eigenvalue weighted by atomic mass is 32.2. The summed E-state index contributed by atoms with van der Waals surface area (Å²) >= 11 is 2.57. The SMILES string of the molecule is CCOC(=O)c1c(-c2ccccc2)csc1NC(=O)CSc1nnc2c(C)cc3ccc(OC)cc3n12. The molecule has 37 heavy (non-hydrogen) atoms. The molecule has 3 heterocycles. The molecule has 8 nitrogen and oxygen atoms in total. The molecular weight excluding hydrogens is 508 g/mol. The maximum absolute atomic E-state index is 13.0. The average Bonchev–Trinajstić information content (AvgIpc) is 3.53. The van der Waals surface area contributed by atoms with Crippen molar-refractivity contribution < 1.29 is 19.1 Å². The first kappa shape index (κ1) is 24.8. The molecule has 1 amide bonds. The maximum Gasteiger partial charge on any atom is 0.341 e. The molecule has 0 aliphatic rings. The number of fused-ring (bicyclic) bond motifs is 3. The van der Waals surface area contributed by atoms with Crippen LogP contribution in [-0.2, 0) is 9.53 Å². The second-order valence-electron chi connectivity index (χ2n) is 8.17.